The number of hydrogen-bond acceptors (Lipinski definition) is 5. The molecule has 3 atom stereocenters. The van der Waals surface area contributed by atoms with Crippen molar-refractivity contribution in [1.82, 2.24) is 15.1 Å². The minimum Gasteiger partial charge on any atom is -0.480 e. The van der Waals surface area contributed by atoms with Crippen molar-refractivity contribution in [2.24, 2.45) is 0 Å². The molecule has 2 heterocycles. The van der Waals surface area contributed by atoms with E-state index < -0.39 is 23.7 Å². The Labute approximate surface area is 148 Å². The Bertz CT molecular complexity index is 536. The van der Waals surface area contributed by atoms with Gasteiger partial charge in [-0.05, 0) is 33.6 Å². The van der Waals surface area contributed by atoms with Crippen molar-refractivity contribution in [2.75, 3.05) is 26.2 Å². The largest absolute Gasteiger partial charge is 0.480 e. The lowest BCUT2D eigenvalue weighted by molar-refractivity contribution is -0.162. The smallest absolute Gasteiger partial charge is 0.323 e. The molecular formula is C17H29N3O5. The van der Waals surface area contributed by atoms with Crippen LogP contribution in [-0.2, 0) is 19.1 Å². The van der Waals surface area contributed by atoms with E-state index in [2.05, 4.69) is 5.32 Å². The summed E-state index contributed by atoms with van der Waals surface area (Å²) in [4.78, 5) is 39.0. The number of likely N-dealkylation sites (tertiary alicyclic amines) is 1. The lowest BCUT2D eigenvalue weighted by atomic mass is 10.0. The van der Waals surface area contributed by atoms with E-state index in [1.807, 2.05) is 25.7 Å². The van der Waals surface area contributed by atoms with Crippen molar-refractivity contribution in [3.63, 3.8) is 0 Å². The summed E-state index contributed by atoms with van der Waals surface area (Å²) in [6.45, 7) is 8.81. The van der Waals surface area contributed by atoms with Crippen molar-refractivity contribution in [3.05, 3.63) is 0 Å². The molecule has 2 fully saturated rings. The number of carboxylic acids is 1. The number of amides is 2. The summed E-state index contributed by atoms with van der Waals surface area (Å²) in [5, 5.41) is 12.3. The number of nitrogens with zero attached hydrogens (tertiary/aromatic N) is 2. The van der Waals surface area contributed by atoms with Gasteiger partial charge < -0.3 is 20.1 Å². The summed E-state index contributed by atoms with van der Waals surface area (Å²) in [5.74, 6) is -1.18. The molecule has 2 saturated heterocycles. The third kappa shape index (κ3) is 4.92. The third-order valence-corrected chi connectivity index (χ3v) is 4.80. The molecule has 0 aromatic carbocycles. The summed E-state index contributed by atoms with van der Waals surface area (Å²) in [6, 6.07) is -1.36. The zero-order chi connectivity index (χ0) is 18.8. The normalized spacial score (nSPS) is 27.8. The first-order valence-corrected chi connectivity index (χ1v) is 8.79. The highest BCUT2D eigenvalue weighted by Crippen LogP contribution is 2.21. The summed E-state index contributed by atoms with van der Waals surface area (Å²) < 4.78 is 5.60. The molecule has 0 aliphatic carbocycles. The quantitative estimate of drug-likeness (QED) is 0.724. The third-order valence-electron chi connectivity index (χ3n) is 4.80. The summed E-state index contributed by atoms with van der Waals surface area (Å²) in [5.41, 5.74) is -0.424. The summed E-state index contributed by atoms with van der Waals surface area (Å²) in [7, 11) is 0. The van der Waals surface area contributed by atoms with Gasteiger partial charge in [-0.3, -0.25) is 19.3 Å². The summed E-state index contributed by atoms with van der Waals surface area (Å²) in [6.07, 6.45) is 1.49. The lowest BCUT2D eigenvalue weighted by Gasteiger charge is -2.43. The molecule has 2 aliphatic heterocycles. The van der Waals surface area contributed by atoms with Crippen LogP contribution >= 0.6 is 0 Å². The molecule has 0 unspecified atom stereocenters. The first-order chi connectivity index (χ1) is 11.6. The molecule has 0 bridgehead atoms. The number of nitrogens with one attached hydrogen (secondary N) is 1. The molecule has 142 valence electrons. The second-order valence-corrected chi connectivity index (χ2v) is 7.63. The number of aliphatic carboxylic acids is 1. The van der Waals surface area contributed by atoms with Crippen LogP contribution in [0.2, 0.25) is 0 Å². The van der Waals surface area contributed by atoms with Gasteiger partial charge in [-0.1, -0.05) is 0 Å². The predicted octanol–water partition coefficient (Wildman–Crippen LogP) is 0.0660. The van der Waals surface area contributed by atoms with Crippen LogP contribution in [0.3, 0.4) is 0 Å². The molecule has 0 spiro atoms. The molecule has 25 heavy (non-hydrogen) atoms. The molecule has 8 heteroatoms. The Morgan fingerprint density at radius 3 is 2.60 bits per heavy atom. The number of morpholine rings is 1. The second-order valence-electron chi connectivity index (χ2n) is 7.63. The van der Waals surface area contributed by atoms with Crippen LogP contribution in [0.15, 0.2) is 0 Å². The first-order valence-electron chi connectivity index (χ1n) is 8.79. The highest BCUT2D eigenvalue weighted by Gasteiger charge is 2.39. The fraction of sp³-hybridized carbons (Fsp3) is 0.824. The topological polar surface area (TPSA) is 99.2 Å². The zero-order valence-electron chi connectivity index (χ0n) is 15.4. The Morgan fingerprint density at radius 2 is 2.00 bits per heavy atom. The molecule has 0 aromatic heterocycles. The van der Waals surface area contributed by atoms with Crippen molar-refractivity contribution in [3.8, 4) is 0 Å². The minimum absolute atomic E-state index is 0.0915. The van der Waals surface area contributed by atoms with Gasteiger partial charge in [0.25, 0.3) is 0 Å². The van der Waals surface area contributed by atoms with Gasteiger partial charge in [0.2, 0.25) is 11.8 Å². The monoisotopic (exact) mass is 355 g/mol. The molecule has 2 rings (SSSR count). The zero-order valence-corrected chi connectivity index (χ0v) is 15.4. The maximum atomic E-state index is 12.5. The molecule has 8 nitrogen and oxygen atoms in total. The maximum absolute atomic E-state index is 12.5. The molecular weight excluding hydrogens is 326 g/mol. The SMILES string of the molecule is CC(=O)N1CCC[C@H]1C(=O)N[C@@H](C)CN1CC(C)(C)OC[C@H]1C(=O)O. The van der Waals surface area contributed by atoms with E-state index in [9.17, 15) is 19.5 Å². The molecule has 2 aliphatic rings. The number of carboxylic acid groups (broad SMARTS) is 1. The average molecular weight is 355 g/mol. The number of carbonyl (C=O) groups excluding carboxylic acids is 2. The van der Waals surface area contributed by atoms with E-state index in [0.717, 1.165) is 6.42 Å². The molecule has 0 saturated carbocycles. The van der Waals surface area contributed by atoms with Crippen LogP contribution in [0.25, 0.3) is 0 Å². The van der Waals surface area contributed by atoms with E-state index in [1.165, 1.54) is 6.92 Å². The molecule has 2 amide bonds. The first kappa shape index (κ1) is 19.7. The Balaban J connectivity index is 1.95. The number of hydrogen-bond donors (Lipinski definition) is 2. The van der Waals surface area contributed by atoms with E-state index in [-0.39, 0.29) is 24.5 Å². The van der Waals surface area contributed by atoms with Crippen LogP contribution < -0.4 is 5.32 Å². The maximum Gasteiger partial charge on any atom is 0.323 e. The Morgan fingerprint density at radius 1 is 1.32 bits per heavy atom. The van der Waals surface area contributed by atoms with Crippen LogP contribution in [0, 0.1) is 0 Å². The highest BCUT2D eigenvalue weighted by atomic mass is 16.5. The minimum atomic E-state index is -0.924. The number of rotatable bonds is 5. The van der Waals surface area contributed by atoms with Crippen molar-refractivity contribution in [1.29, 1.82) is 0 Å². The Kier molecular flexibility index (Phi) is 6.05. The van der Waals surface area contributed by atoms with Crippen LogP contribution in [0.1, 0.15) is 40.5 Å². The van der Waals surface area contributed by atoms with E-state index >= 15 is 0 Å². The Hall–Kier alpha value is -1.67. The van der Waals surface area contributed by atoms with Crippen molar-refractivity contribution >= 4 is 17.8 Å². The van der Waals surface area contributed by atoms with E-state index in [1.54, 1.807) is 4.90 Å². The van der Waals surface area contributed by atoms with Gasteiger partial charge in [0, 0.05) is 32.6 Å². The second kappa shape index (κ2) is 7.70. The molecule has 0 radical (unpaired) electrons. The number of ether oxygens (including phenoxy) is 1. The van der Waals surface area contributed by atoms with Gasteiger partial charge >= 0.3 is 5.97 Å². The fourth-order valence-corrected chi connectivity index (χ4v) is 3.63. The van der Waals surface area contributed by atoms with Crippen LogP contribution in [0.5, 0.6) is 0 Å². The van der Waals surface area contributed by atoms with Gasteiger partial charge in [-0.25, -0.2) is 0 Å². The number of carbonyl (C=O) groups is 3. The summed E-state index contributed by atoms with van der Waals surface area (Å²) >= 11 is 0. The standard InChI is InChI=1S/C17H29N3O5/c1-11(18-15(22)13-6-5-7-20(13)12(2)21)8-19-10-17(3,4)25-9-14(19)16(23)24/h11,13-14H,5-10H2,1-4H3,(H,18,22)(H,23,24)/t11-,13-,14-/m0/s1. The van der Waals surface area contributed by atoms with Crippen LogP contribution in [-0.4, -0.2) is 82.7 Å². The highest BCUT2D eigenvalue weighted by molar-refractivity contribution is 5.87. The van der Waals surface area contributed by atoms with Gasteiger partial charge in [-0.15, -0.1) is 0 Å². The fourth-order valence-electron chi connectivity index (χ4n) is 3.63. The average Bonchev–Trinajstić information content (AvgIpc) is 2.95. The molecule has 0 aromatic rings. The van der Waals surface area contributed by atoms with Crippen LogP contribution in [0.4, 0.5) is 0 Å². The van der Waals surface area contributed by atoms with E-state index in [0.29, 0.717) is 26.1 Å². The van der Waals surface area contributed by atoms with Gasteiger partial charge in [0.15, 0.2) is 0 Å². The van der Waals surface area contributed by atoms with Gasteiger partial charge in [0.05, 0.1) is 12.2 Å². The lowest BCUT2D eigenvalue weighted by Crippen LogP contribution is -2.60. The van der Waals surface area contributed by atoms with Crippen molar-refractivity contribution < 1.29 is 24.2 Å². The van der Waals surface area contributed by atoms with Gasteiger partial charge in [-0.2, -0.15) is 0 Å². The van der Waals surface area contributed by atoms with Gasteiger partial charge in [0.1, 0.15) is 12.1 Å². The predicted molar refractivity (Wildman–Crippen MR) is 91.0 cm³/mol. The van der Waals surface area contributed by atoms with E-state index in [4.69, 9.17) is 4.74 Å². The van der Waals surface area contributed by atoms with Crippen molar-refractivity contribution in [2.45, 2.75) is 64.3 Å². The molecule has 2 N–H and O–H groups in total.